The van der Waals surface area contributed by atoms with Crippen molar-refractivity contribution >= 4 is 23.4 Å². The van der Waals surface area contributed by atoms with Crippen LogP contribution in [0.3, 0.4) is 0 Å². The Bertz CT molecular complexity index is 334. The maximum absolute atomic E-state index is 6.14. The van der Waals surface area contributed by atoms with Gasteiger partial charge in [-0.3, -0.25) is 0 Å². The van der Waals surface area contributed by atoms with Crippen LogP contribution in [-0.4, -0.2) is 6.26 Å². The molecule has 2 N–H and O–H groups in total. The lowest BCUT2D eigenvalue weighted by molar-refractivity contribution is 0.722. The fourth-order valence-electron chi connectivity index (χ4n) is 1.47. The third-order valence-electron chi connectivity index (χ3n) is 2.49. The third kappa shape index (κ3) is 1.71. The fourth-order valence-corrected chi connectivity index (χ4v) is 2.33. The van der Waals surface area contributed by atoms with E-state index in [2.05, 4.69) is 12.3 Å². The van der Waals surface area contributed by atoms with Crippen LogP contribution in [0.15, 0.2) is 23.1 Å². The van der Waals surface area contributed by atoms with E-state index in [-0.39, 0.29) is 5.54 Å². The predicted octanol–water partition coefficient (Wildman–Crippen LogP) is 3.01. The summed E-state index contributed by atoms with van der Waals surface area (Å²) in [6.07, 6.45) is 4.24. The summed E-state index contributed by atoms with van der Waals surface area (Å²) < 4.78 is 0. The Balaban J connectivity index is 2.47. The summed E-state index contributed by atoms with van der Waals surface area (Å²) in [6.45, 7) is 0. The zero-order valence-electron chi connectivity index (χ0n) is 7.51. The Morgan fingerprint density at radius 3 is 2.69 bits per heavy atom. The molecule has 13 heavy (non-hydrogen) atoms. The van der Waals surface area contributed by atoms with Crippen molar-refractivity contribution in [3.05, 3.63) is 28.8 Å². The molecule has 0 aromatic heterocycles. The third-order valence-corrected chi connectivity index (χ3v) is 3.52. The summed E-state index contributed by atoms with van der Waals surface area (Å²) in [5.74, 6) is 0. The van der Waals surface area contributed by atoms with E-state index in [0.29, 0.717) is 0 Å². The van der Waals surface area contributed by atoms with Crippen molar-refractivity contribution in [2.24, 2.45) is 5.73 Å². The van der Waals surface area contributed by atoms with E-state index in [1.165, 1.54) is 10.5 Å². The number of thioether (sulfide) groups is 1. The number of halogens is 1. The van der Waals surface area contributed by atoms with Crippen LogP contribution in [0.25, 0.3) is 0 Å². The molecular weight excluding hydrogens is 202 g/mol. The van der Waals surface area contributed by atoms with Gasteiger partial charge in [0.15, 0.2) is 0 Å². The van der Waals surface area contributed by atoms with E-state index in [1.54, 1.807) is 11.8 Å². The van der Waals surface area contributed by atoms with Gasteiger partial charge in [0, 0.05) is 15.5 Å². The molecular formula is C10H12ClNS. The van der Waals surface area contributed by atoms with E-state index < -0.39 is 0 Å². The highest BCUT2D eigenvalue weighted by molar-refractivity contribution is 7.98. The maximum atomic E-state index is 6.14. The average molecular weight is 214 g/mol. The summed E-state index contributed by atoms with van der Waals surface area (Å²) in [7, 11) is 0. The van der Waals surface area contributed by atoms with E-state index in [9.17, 15) is 0 Å². The summed E-state index contributed by atoms with van der Waals surface area (Å²) >= 11 is 7.68. The lowest BCUT2D eigenvalue weighted by atomic mass is 10.1. The van der Waals surface area contributed by atoms with Crippen molar-refractivity contribution in [1.82, 2.24) is 0 Å². The van der Waals surface area contributed by atoms with Gasteiger partial charge >= 0.3 is 0 Å². The molecule has 1 aliphatic carbocycles. The molecule has 1 fully saturated rings. The fraction of sp³-hybridized carbons (Fsp3) is 0.400. The van der Waals surface area contributed by atoms with E-state index in [0.717, 1.165) is 17.9 Å². The minimum absolute atomic E-state index is 0.0801. The van der Waals surface area contributed by atoms with Crippen molar-refractivity contribution in [1.29, 1.82) is 0 Å². The van der Waals surface area contributed by atoms with Gasteiger partial charge < -0.3 is 5.73 Å². The quantitative estimate of drug-likeness (QED) is 0.765. The molecule has 1 aliphatic rings. The molecule has 1 nitrogen and oxygen atoms in total. The van der Waals surface area contributed by atoms with Gasteiger partial charge in [-0.2, -0.15) is 0 Å². The SMILES string of the molecule is CSc1ccc(Cl)cc1C1(N)CC1. The minimum atomic E-state index is -0.0801. The largest absolute Gasteiger partial charge is 0.321 e. The van der Waals surface area contributed by atoms with Crippen LogP contribution in [0, 0.1) is 0 Å². The molecule has 1 aromatic carbocycles. The first kappa shape index (κ1) is 9.38. The van der Waals surface area contributed by atoms with E-state index in [1.807, 2.05) is 12.1 Å². The molecule has 0 atom stereocenters. The number of hydrogen-bond acceptors (Lipinski definition) is 2. The highest BCUT2D eigenvalue weighted by Crippen LogP contribution is 2.46. The normalized spacial score (nSPS) is 18.7. The smallest absolute Gasteiger partial charge is 0.0422 e. The monoisotopic (exact) mass is 213 g/mol. The van der Waals surface area contributed by atoms with Gasteiger partial charge in [0.05, 0.1) is 0 Å². The second kappa shape index (κ2) is 3.19. The average Bonchev–Trinajstić information content (AvgIpc) is 2.85. The van der Waals surface area contributed by atoms with Crippen LogP contribution in [0.1, 0.15) is 18.4 Å². The maximum Gasteiger partial charge on any atom is 0.0422 e. The molecule has 0 aliphatic heterocycles. The van der Waals surface area contributed by atoms with Crippen molar-refractivity contribution < 1.29 is 0 Å². The lowest BCUT2D eigenvalue weighted by Crippen LogP contribution is -2.19. The number of nitrogens with two attached hydrogens (primary N) is 1. The zero-order chi connectivity index (χ0) is 9.47. The molecule has 3 heteroatoms. The zero-order valence-corrected chi connectivity index (χ0v) is 9.08. The number of rotatable bonds is 2. The standard InChI is InChI=1S/C10H12ClNS/c1-13-9-3-2-7(11)6-8(9)10(12)4-5-10/h2-3,6H,4-5,12H2,1H3. The van der Waals surface area contributed by atoms with Crippen LogP contribution < -0.4 is 5.73 Å². The van der Waals surface area contributed by atoms with Crippen molar-refractivity contribution in [2.45, 2.75) is 23.3 Å². The van der Waals surface area contributed by atoms with Gasteiger partial charge in [0.1, 0.15) is 0 Å². The molecule has 1 saturated carbocycles. The molecule has 0 saturated heterocycles. The molecule has 0 unspecified atom stereocenters. The van der Waals surface area contributed by atoms with Gasteiger partial charge in [-0.1, -0.05) is 11.6 Å². The first-order valence-corrected chi connectivity index (χ1v) is 5.89. The first-order valence-electron chi connectivity index (χ1n) is 4.29. The van der Waals surface area contributed by atoms with Crippen LogP contribution in [-0.2, 0) is 5.54 Å². The Morgan fingerprint density at radius 2 is 2.15 bits per heavy atom. The van der Waals surface area contributed by atoms with Crippen molar-refractivity contribution in [2.75, 3.05) is 6.26 Å². The van der Waals surface area contributed by atoms with Gasteiger partial charge in [-0.05, 0) is 42.9 Å². The minimum Gasteiger partial charge on any atom is -0.321 e. The first-order chi connectivity index (χ1) is 6.15. The van der Waals surface area contributed by atoms with Gasteiger partial charge in [-0.25, -0.2) is 0 Å². The summed E-state index contributed by atoms with van der Waals surface area (Å²) in [4.78, 5) is 1.25. The molecule has 1 aromatic rings. The second-order valence-corrected chi connectivity index (χ2v) is 4.79. The van der Waals surface area contributed by atoms with Crippen molar-refractivity contribution in [3.63, 3.8) is 0 Å². The lowest BCUT2D eigenvalue weighted by Gasteiger charge is -2.13. The predicted molar refractivity (Wildman–Crippen MR) is 58.3 cm³/mol. The van der Waals surface area contributed by atoms with E-state index >= 15 is 0 Å². The Labute approximate surface area is 87.7 Å². The van der Waals surface area contributed by atoms with Gasteiger partial charge in [0.25, 0.3) is 0 Å². The highest BCUT2D eigenvalue weighted by atomic mass is 35.5. The van der Waals surface area contributed by atoms with Crippen LogP contribution in [0.2, 0.25) is 5.02 Å². The molecule has 0 bridgehead atoms. The molecule has 0 heterocycles. The highest BCUT2D eigenvalue weighted by Gasteiger charge is 2.41. The summed E-state index contributed by atoms with van der Waals surface area (Å²) in [5, 5.41) is 0.782. The Kier molecular flexibility index (Phi) is 2.30. The van der Waals surface area contributed by atoms with Crippen molar-refractivity contribution in [3.8, 4) is 0 Å². The number of hydrogen-bond donors (Lipinski definition) is 1. The number of benzene rings is 1. The topological polar surface area (TPSA) is 26.0 Å². The second-order valence-electron chi connectivity index (χ2n) is 3.50. The Hall–Kier alpha value is -0.180. The summed E-state index contributed by atoms with van der Waals surface area (Å²) in [5.41, 5.74) is 7.28. The molecule has 70 valence electrons. The molecule has 0 radical (unpaired) electrons. The van der Waals surface area contributed by atoms with Crippen LogP contribution in [0.4, 0.5) is 0 Å². The molecule has 0 spiro atoms. The van der Waals surface area contributed by atoms with Gasteiger partial charge in [0.2, 0.25) is 0 Å². The Morgan fingerprint density at radius 1 is 1.46 bits per heavy atom. The van der Waals surface area contributed by atoms with Crippen LogP contribution >= 0.6 is 23.4 Å². The van der Waals surface area contributed by atoms with Crippen LogP contribution in [0.5, 0.6) is 0 Å². The summed E-state index contributed by atoms with van der Waals surface area (Å²) in [6, 6.07) is 5.97. The van der Waals surface area contributed by atoms with E-state index in [4.69, 9.17) is 17.3 Å². The molecule has 0 amide bonds. The molecule has 2 rings (SSSR count). The van der Waals surface area contributed by atoms with Gasteiger partial charge in [-0.15, -0.1) is 11.8 Å².